The van der Waals surface area contributed by atoms with Crippen LogP contribution in [0.25, 0.3) is 0 Å². The standard InChI is InChI=1S/C123H214O16P2/c1-4-7-10-13-16-19-22-25-28-31-34-37-40-43-46-49-52-55-58-61-64-67-70-73-76-79-82-85-88-91-94-97-100-103-106-109-121(126)133-112-118(124)113-135-140(129,130)136-114-119(125)115-137-141(131,132)138-117-120(139-123(128)111-108-105-102-99-96-93-90-87-84-81-78-75-72-69-66-63-60-57-54-51-48-45-42-39-36-33-30-27-24-21-18-15-12-9-6-3)116-134-122(127)110-107-104-101-98-95-92-89-86-83-80-77-74-71-68-65-62-59-56-53-50-47-44-41-38-35-32-29-26-23-20-17-14-11-8-5-2/h7-8,10-11,16-21,25-30,34-39,43-48,52,55,118-120,124-125H,4-6,9,12-15,22-24,31-33,40-42,49-51,53-54,56-117H2,1-3H3,(H,129,130)(H,131,132)/b10-7-,11-8-,19-16-,20-17-,21-18-,28-25-,29-26-,30-27-,37-34-,38-35-,39-36-,46-43-,47-44-,48-45-,55-52-. The van der Waals surface area contributed by atoms with Crippen molar-refractivity contribution in [1.82, 2.24) is 0 Å². The third kappa shape index (κ3) is 115. The minimum absolute atomic E-state index is 0.106. The highest BCUT2D eigenvalue weighted by atomic mass is 31.2. The monoisotopic (exact) mass is 2010 g/mol. The van der Waals surface area contributed by atoms with E-state index in [-0.39, 0.29) is 19.3 Å². The summed E-state index contributed by atoms with van der Waals surface area (Å²) in [4.78, 5) is 59.4. The molecule has 5 unspecified atom stereocenters. The maximum Gasteiger partial charge on any atom is 0.472 e. The molecule has 16 nitrogen and oxygen atoms in total. The second-order valence-corrected chi connectivity index (χ2v) is 41.7. The molecule has 141 heavy (non-hydrogen) atoms. The van der Waals surface area contributed by atoms with Crippen molar-refractivity contribution in [2.75, 3.05) is 39.6 Å². The van der Waals surface area contributed by atoms with Crippen molar-refractivity contribution < 1.29 is 75.8 Å². The largest absolute Gasteiger partial charge is 0.472 e. The SMILES string of the molecule is CC/C=C\C/C=C\C/C=C\C/C=C\C/C=C\C/C=C\CCCCCCCCCCCCCCCCCCC(=O)OCC(O)COP(=O)(O)OCC(O)COP(=O)(O)OCC(COC(=O)CCCCCCCCCCCCCCCCCCCCC/C=C\C/C=C\C/C=C\C/C=C\C/C=C\CC)OC(=O)CCCCCCCCCCCCCCCCCCCCC/C=C\C/C=C\C/C=C\C/C=C\CCCCC. The zero-order chi connectivity index (χ0) is 102. The van der Waals surface area contributed by atoms with Gasteiger partial charge in [0.15, 0.2) is 6.10 Å². The van der Waals surface area contributed by atoms with Crippen molar-refractivity contribution in [3.8, 4) is 0 Å². The second-order valence-electron chi connectivity index (χ2n) is 38.8. The molecule has 0 aliphatic carbocycles. The zero-order valence-electron chi connectivity index (χ0n) is 90.5. The van der Waals surface area contributed by atoms with E-state index in [2.05, 4.69) is 203 Å². The number of phosphoric ester groups is 2. The van der Waals surface area contributed by atoms with Crippen molar-refractivity contribution in [1.29, 1.82) is 0 Å². The lowest BCUT2D eigenvalue weighted by atomic mass is 10.0. The summed E-state index contributed by atoms with van der Waals surface area (Å²) in [6.45, 7) is 2.54. The Balaban J connectivity index is 4.59. The Morgan fingerprint density at radius 1 is 0.206 bits per heavy atom. The molecule has 0 fully saturated rings. The second kappa shape index (κ2) is 113. The minimum Gasteiger partial charge on any atom is -0.463 e. The number of rotatable bonds is 110. The Morgan fingerprint density at radius 2 is 0.376 bits per heavy atom. The number of aliphatic hydroxyl groups excluding tert-OH is 2. The Kier molecular flexibility index (Phi) is 109. The van der Waals surface area contributed by atoms with E-state index in [1.54, 1.807) is 0 Å². The Labute approximate surface area is 865 Å². The normalized spacial score (nSPS) is 14.2. The van der Waals surface area contributed by atoms with Gasteiger partial charge in [0, 0.05) is 19.3 Å². The van der Waals surface area contributed by atoms with E-state index in [1.165, 1.54) is 308 Å². The third-order valence-electron chi connectivity index (χ3n) is 25.1. The van der Waals surface area contributed by atoms with Gasteiger partial charge in [-0.05, 0) is 161 Å². The van der Waals surface area contributed by atoms with E-state index >= 15 is 0 Å². The molecular formula is C123H214O16P2. The van der Waals surface area contributed by atoms with Crippen LogP contribution in [-0.2, 0) is 55.8 Å². The Hall–Kier alpha value is -5.35. The van der Waals surface area contributed by atoms with Crippen molar-refractivity contribution in [2.24, 2.45) is 0 Å². The summed E-state index contributed by atoms with van der Waals surface area (Å²) in [5.74, 6) is -1.54. The van der Waals surface area contributed by atoms with Crippen LogP contribution in [0.4, 0.5) is 0 Å². The van der Waals surface area contributed by atoms with Crippen LogP contribution in [0, 0.1) is 0 Å². The van der Waals surface area contributed by atoms with Gasteiger partial charge in [-0.25, -0.2) is 9.13 Å². The third-order valence-corrected chi connectivity index (χ3v) is 27.0. The quantitative estimate of drug-likeness (QED) is 0.0146. The molecule has 5 atom stereocenters. The maximum absolute atomic E-state index is 13.2. The molecule has 0 aliphatic rings. The average molecular weight is 2010 g/mol. The maximum atomic E-state index is 13.2. The van der Waals surface area contributed by atoms with E-state index in [0.717, 1.165) is 154 Å². The summed E-state index contributed by atoms with van der Waals surface area (Å²) in [7, 11) is -9.82. The van der Waals surface area contributed by atoms with Crippen LogP contribution in [0.3, 0.4) is 0 Å². The molecule has 0 aromatic rings. The number of hydrogen-bond donors (Lipinski definition) is 4. The number of esters is 3. The van der Waals surface area contributed by atoms with Gasteiger partial charge in [-0.3, -0.25) is 32.5 Å². The first-order valence-corrected chi connectivity index (χ1v) is 61.1. The van der Waals surface area contributed by atoms with Gasteiger partial charge in [0.2, 0.25) is 0 Å². The van der Waals surface area contributed by atoms with Gasteiger partial charge in [0.1, 0.15) is 25.4 Å². The van der Waals surface area contributed by atoms with Gasteiger partial charge < -0.3 is 34.2 Å². The topological polar surface area (TPSA) is 231 Å². The summed E-state index contributed by atoms with van der Waals surface area (Å²) >= 11 is 0. The highest BCUT2D eigenvalue weighted by Crippen LogP contribution is 2.45. The number of aliphatic hydroxyl groups is 2. The summed E-state index contributed by atoms with van der Waals surface area (Å²) in [5, 5.41) is 20.9. The smallest absolute Gasteiger partial charge is 0.463 e. The lowest BCUT2D eigenvalue weighted by Crippen LogP contribution is -2.30. The number of ether oxygens (including phenoxy) is 3. The molecule has 0 aliphatic heterocycles. The highest BCUT2D eigenvalue weighted by Gasteiger charge is 2.30. The molecular weight excluding hydrogens is 1800 g/mol. The van der Waals surface area contributed by atoms with Crippen LogP contribution in [0.2, 0.25) is 0 Å². The first-order chi connectivity index (χ1) is 69.2. The zero-order valence-corrected chi connectivity index (χ0v) is 92.3. The van der Waals surface area contributed by atoms with Crippen molar-refractivity contribution in [3.05, 3.63) is 182 Å². The summed E-state index contributed by atoms with van der Waals surface area (Å²) in [6.07, 6.45) is 153. The van der Waals surface area contributed by atoms with Crippen LogP contribution in [0.15, 0.2) is 182 Å². The van der Waals surface area contributed by atoms with Gasteiger partial charge in [0.25, 0.3) is 0 Å². The molecule has 0 bridgehead atoms. The van der Waals surface area contributed by atoms with Gasteiger partial charge >= 0.3 is 33.6 Å². The van der Waals surface area contributed by atoms with Crippen molar-refractivity contribution >= 4 is 33.6 Å². The van der Waals surface area contributed by atoms with Gasteiger partial charge in [0.05, 0.1) is 26.4 Å². The van der Waals surface area contributed by atoms with Gasteiger partial charge in [-0.15, -0.1) is 0 Å². The van der Waals surface area contributed by atoms with Crippen LogP contribution >= 0.6 is 15.6 Å². The lowest BCUT2D eigenvalue weighted by Gasteiger charge is -2.21. The molecule has 4 N–H and O–H groups in total. The van der Waals surface area contributed by atoms with Crippen LogP contribution in [0.5, 0.6) is 0 Å². The fraction of sp³-hybridized carbons (Fsp3) is 0.732. The number of carbonyl (C=O) groups is 3. The van der Waals surface area contributed by atoms with E-state index in [1.807, 2.05) is 0 Å². The molecule has 0 rings (SSSR count). The predicted molar refractivity (Wildman–Crippen MR) is 602 cm³/mol. The Morgan fingerprint density at radius 3 is 0.596 bits per heavy atom. The lowest BCUT2D eigenvalue weighted by molar-refractivity contribution is -0.161. The summed E-state index contributed by atoms with van der Waals surface area (Å²) in [5.41, 5.74) is 0. The van der Waals surface area contributed by atoms with Gasteiger partial charge in [-0.2, -0.15) is 0 Å². The first-order valence-electron chi connectivity index (χ1n) is 58.1. The highest BCUT2D eigenvalue weighted by molar-refractivity contribution is 7.47. The van der Waals surface area contributed by atoms with E-state index in [0.29, 0.717) is 19.3 Å². The van der Waals surface area contributed by atoms with Gasteiger partial charge in [-0.1, -0.05) is 524 Å². The number of allylic oxidation sites excluding steroid dienone is 30. The molecule has 0 aromatic heterocycles. The molecule has 0 heterocycles. The molecule has 0 radical (unpaired) electrons. The van der Waals surface area contributed by atoms with Crippen LogP contribution in [0.1, 0.15) is 522 Å². The van der Waals surface area contributed by atoms with E-state index in [4.69, 9.17) is 32.3 Å². The Bertz CT molecular complexity index is 3300. The van der Waals surface area contributed by atoms with E-state index in [9.17, 15) is 43.5 Å². The molecule has 812 valence electrons. The van der Waals surface area contributed by atoms with E-state index < -0.39 is 91.5 Å². The number of phosphoric acid groups is 2. The number of hydrogen-bond acceptors (Lipinski definition) is 14. The van der Waals surface area contributed by atoms with Crippen molar-refractivity contribution in [2.45, 2.75) is 540 Å². The van der Waals surface area contributed by atoms with Crippen LogP contribution in [-0.4, -0.2) is 95.9 Å². The average Bonchev–Trinajstić information content (AvgIpc) is 0.899. The fourth-order valence-corrected chi connectivity index (χ4v) is 18.0. The molecule has 0 aromatic carbocycles. The molecule has 0 spiro atoms. The molecule has 18 heteroatoms. The summed E-state index contributed by atoms with van der Waals surface area (Å²) in [6, 6.07) is 0. The number of carbonyl (C=O) groups excluding carboxylic acids is 3. The predicted octanol–water partition coefficient (Wildman–Crippen LogP) is 37.8. The summed E-state index contributed by atoms with van der Waals surface area (Å²) < 4.78 is 61.9. The first kappa shape index (κ1) is 136. The minimum atomic E-state index is -4.95. The van der Waals surface area contributed by atoms with Crippen molar-refractivity contribution in [3.63, 3.8) is 0 Å². The molecule has 0 amide bonds. The fourth-order valence-electron chi connectivity index (χ4n) is 16.4. The molecule has 0 saturated carbocycles. The number of unbranched alkanes of at least 4 members (excludes halogenated alkanes) is 57. The molecule has 0 saturated heterocycles. The van der Waals surface area contributed by atoms with Crippen LogP contribution < -0.4 is 0 Å².